The summed E-state index contributed by atoms with van der Waals surface area (Å²) in [6, 6.07) is 9.84. The van der Waals surface area contributed by atoms with Crippen molar-refractivity contribution in [1.82, 2.24) is 5.32 Å². The first-order valence-corrected chi connectivity index (χ1v) is 5.69. The number of rotatable bonds is 5. The Morgan fingerprint density at radius 3 is 2.69 bits per heavy atom. The molecule has 16 heavy (non-hydrogen) atoms. The number of hydrogen-bond acceptors (Lipinski definition) is 1. The van der Waals surface area contributed by atoms with Gasteiger partial charge in [0.05, 0.1) is 5.92 Å². The van der Waals surface area contributed by atoms with Gasteiger partial charge in [-0.3, -0.25) is 4.79 Å². The Balaban J connectivity index is 2.42. The Bertz CT molecular complexity index is 343. The van der Waals surface area contributed by atoms with Gasteiger partial charge in [-0.25, -0.2) is 0 Å². The quantitative estimate of drug-likeness (QED) is 0.596. The summed E-state index contributed by atoms with van der Waals surface area (Å²) in [5.41, 5.74) is 1.06. The SMILES string of the molecule is C/C=C/CCNC(=O)C(C)c1ccccc1. The van der Waals surface area contributed by atoms with Gasteiger partial charge in [0.2, 0.25) is 5.91 Å². The fourth-order valence-electron chi connectivity index (χ4n) is 1.49. The lowest BCUT2D eigenvalue weighted by Crippen LogP contribution is -2.28. The molecular weight excluding hydrogens is 198 g/mol. The average molecular weight is 217 g/mol. The van der Waals surface area contributed by atoms with Gasteiger partial charge in [0.15, 0.2) is 0 Å². The van der Waals surface area contributed by atoms with Crippen molar-refractivity contribution < 1.29 is 4.79 Å². The van der Waals surface area contributed by atoms with E-state index >= 15 is 0 Å². The monoisotopic (exact) mass is 217 g/mol. The van der Waals surface area contributed by atoms with E-state index in [1.165, 1.54) is 0 Å². The van der Waals surface area contributed by atoms with Crippen LogP contribution < -0.4 is 5.32 Å². The van der Waals surface area contributed by atoms with Crippen LogP contribution in [0.3, 0.4) is 0 Å². The Hall–Kier alpha value is -1.57. The number of carbonyl (C=O) groups is 1. The van der Waals surface area contributed by atoms with Gasteiger partial charge in [-0.05, 0) is 25.8 Å². The Morgan fingerprint density at radius 2 is 2.06 bits per heavy atom. The van der Waals surface area contributed by atoms with E-state index in [0.717, 1.165) is 12.0 Å². The van der Waals surface area contributed by atoms with Gasteiger partial charge >= 0.3 is 0 Å². The third kappa shape index (κ3) is 3.89. The Morgan fingerprint density at radius 1 is 1.38 bits per heavy atom. The molecule has 0 aliphatic heterocycles. The van der Waals surface area contributed by atoms with Crippen LogP contribution in [0.4, 0.5) is 0 Å². The molecule has 2 nitrogen and oxygen atoms in total. The van der Waals surface area contributed by atoms with Crippen molar-refractivity contribution in [3.63, 3.8) is 0 Å². The lowest BCUT2D eigenvalue weighted by atomic mass is 10.0. The maximum absolute atomic E-state index is 11.8. The molecule has 1 rings (SSSR count). The zero-order valence-corrected chi connectivity index (χ0v) is 9.94. The van der Waals surface area contributed by atoms with Crippen LogP contribution in [0.1, 0.15) is 31.7 Å². The Labute approximate surface area is 97.4 Å². The van der Waals surface area contributed by atoms with E-state index in [2.05, 4.69) is 5.32 Å². The third-order valence-corrected chi connectivity index (χ3v) is 2.54. The summed E-state index contributed by atoms with van der Waals surface area (Å²) in [7, 11) is 0. The number of hydrogen-bond donors (Lipinski definition) is 1. The zero-order chi connectivity index (χ0) is 11.8. The molecular formula is C14H19NO. The third-order valence-electron chi connectivity index (χ3n) is 2.54. The van der Waals surface area contributed by atoms with Crippen LogP contribution in [0, 0.1) is 0 Å². The number of carbonyl (C=O) groups excluding carboxylic acids is 1. The van der Waals surface area contributed by atoms with Crippen molar-refractivity contribution in [3.05, 3.63) is 48.0 Å². The predicted molar refractivity (Wildman–Crippen MR) is 67.3 cm³/mol. The van der Waals surface area contributed by atoms with Crippen molar-refractivity contribution in [3.8, 4) is 0 Å². The van der Waals surface area contributed by atoms with Crippen LogP contribution in [0.5, 0.6) is 0 Å². The van der Waals surface area contributed by atoms with Gasteiger partial charge in [0.1, 0.15) is 0 Å². The molecule has 0 saturated carbocycles. The smallest absolute Gasteiger partial charge is 0.227 e. The van der Waals surface area contributed by atoms with E-state index < -0.39 is 0 Å². The molecule has 0 aliphatic rings. The molecule has 0 radical (unpaired) electrons. The molecule has 86 valence electrons. The minimum atomic E-state index is -0.0770. The number of benzene rings is 1. The lowest BCUT2D eigenvalue weighted by molar-refractivity contribution is -0.122. The van der Waals surface area contributed by atoms with Crippen molar-refractivity contribution in [2.75, 3.05) is 6.54 Å². The highest BCUT2D eigenvalue weighted by atomic mass is 16.1. The summed E-state index contributed by atoms with van der Waals surface area (Å²) in [6.45, 7) is 4.62. The lowest BCUT2D eigenvalue weighted by Gasteiger charge is -2.11. The summed E-state index contributed by atoms with van der Waals surface area (Å²) in [5.74, 6) is 0.0162. The van der Waals surface area contributed by atoms with E-state index in [4.69, 9.17) is 0 Å². The largest absolute Gasteiger partial charge is 0.355 e. The minimum Gasteiger partial charge on any atom is -0.355 e. The zero-order valence-electron chi connectivity index (χ0n) is 9.94. The van der Waals surface area contributed by atoms with Crippen LogP contribution in [0.2, 0.25) is 0 Å². The highest BCUT2D eigenvalue weighted by Crippen LogP contribution is 2.14. The maximum atomic E-state index is 11.8. The topological polar surface area (TPSA) is 29.1 Å². The van der Waals surface area contributed by atoms with Gasteiger partial charge < -0.3 is 5.32 Å². The molecule has 1 aromatic carbocycles. The molecule has 0 spiro atoms. The second-order valence-corrected chi connectivity index (χ2v) is 3.78. The Kier molecular flexibility index (Phi) is 5.34. The summed E-state index contributed by atoms with van der Waals surface area (Å²) >= 11 is 0. The predicted octanol–water partition coefficient (Wildman–Crippen LogP) is 2.87. The summed E-state index contributed by atoms with van der Waals surface area (Å²) in [4.78, 5) is 11.8. The standard InChI is InChI=1S/C14H19NO/c1-3-4-8-11-15-14(16)12(2)13-9-6-5-7-10-13/h3-7,9-10,12H,8,11H2,1-2H3,(H,15,16)/b4-3+. The van der Waals surface area contributed by atoms with Crippen LogP contribution in [-0.4, -0.2) is 12.5 Å². The van der Waals surface area contributed by atoms with E-state index in [1.807, 2.05) is 56.3 Å². The summed E-state index contributed by atoms with van der Waals surface area (Å²) < 4.78 is 0. The van der Waals surface area contributed by atoms with Crippen molar-refractivity contribution in [2.45, 2.75) is 26.2 Å². The van der Waals surface area contributed by atoms with Crippen molar-refractivity contribution in [1.29, 1.82) is 0 Å². The van der Waals surface area contributed by atoms with E-state index in [0.29, 0.717) is 6.54 Å². The molecule has 0 saturated heterocycles. The van der Waals surface area contributed by atoms with Crippen LogP contribution in [0.25, 0.3) is 0 Å². The molecule has 1 aromatic rings. The normalized spacial score (nSPS) is 12.6. The molecule has 1 amide bonds. The molecule has 0 aromatic heterocycles. The maximum Gasteiger partial charge on any atom is 0.227 e. The van der Waals surface area contributed by atoms with E-state index in [1.54, 1.807) is 0 Å². The summed E-state index contributed by atoms with van der Waals surface area (Å²) in [5, 5.41) is 2.93. The number of allylic oxidation sites excluding steroid dienone is 1. The molecule has 1 atom stereocenters. The molecule has 0 aliphatic carbocycles. The van der Waals surface area contributed by atoms with E-state index in [9.17, 15) is 4.79 Å². The van der Waals surface area contributed by atoms with Crippen molar-refractivity contribution in [2.24, 2.45) is 0 Å². The molecule has 0 heterocycles. The van der Waals surface area contributed by atoms with E-state index in [-0.39, 0.29) is 11.8 Å². The molecule has 0 bridgehead atoms. The van der Waals surface area contributed by atoms with Crippen LogP contribution >= 0.6 is 0 Å². The first kappa shape index (κ1) is 12.5. The molecule has 1 N–H and O–H groups in total. The number of amides is 1. The second kappa shape index (κ2) is 6.83. The van der Waals surface area contributed by atoms with Gasteiger partial charge in [0, 0.05) is 6.54 Å². The van der Waals surface area contributed by atoms with Gasteiger partial charge in [-0.15, -0.1) is 0 Å². The highest BCUT2D eigenvalue weighted by Gasteiger charge is 2.13. The van der Waals surface area contributed by atoms with Gasteiger partial charge in [-0.2, -0.15) is 0 Å². The van der Waals surface area contributed by atoms with Crippen LogP contribution in [-0.2, 0) is 4.79 Å². The second-order valence-electron chi connectivity index (χ2n) is 3.78. The fourth-order valence-corrected chi connectivity index (χ4v) is 1.49. The first-order chi connectivity index (χ1) is 7.75. The van der Waals surface area contributed by atoms with Crippen LogP contribution in [0.15, 0.2) is 42.5 Å². The van der Waals surface area contributed by atoms with Gasteiger partial charge in [0.25, 0.3) is 0 Å². The first-order valence-electron chi connectivity index (χ1n) is 5.69. The summed E-state index contributed by atoms with van der Waals surface area (Å²) in [6.07, 6.45) is 4.93. The minimum absolute atomic E-state index is 0.0770. The average Bonchev–Trinajstić information content (AvgIpc) is 2.34. The molecule has 0 fully saturated rings. The molecule has 1 unspecified atom stereocenters. The number of nitrogens with one attached hydrogen (secondary N) is 1. The molecule has 2 heteroatoms. The fraction of sp³-hybridized carbons (Fsp3) is 0.357. The highest BCUT2D eigenvalue weighted by molar-refractivity contribution is 5.83. The van der Waals surface area contributed by atoms with Gasteiger partial charge in [-0.1, -0.05) is 42.5 Å². The van der Waals surface area contributed by atoms with Crippen molar-refractivity contribution >= 4 is 5.91 Å².